The summed E-state index contributed by atoms with van der Waals surface area (Å²) in [5.41, 5.74) is 4.87. The third-order valence-electron chi connectivity index (χ3n) is 0.643. The lowest BCUT2D eigenvalue weighted by molar-refractivity contribution is 0.1000. The van der Waals surface area contributed by atoms with Crippen LogP contribution in [0.5, 0.6) is 0 Å². The summed E-state index contributed by atoms with van der Waals surface area (Å²) in [6.07, 6.45) is 1.55. The molecule has 0 aliphatic rings. The standard InChI is InChI=1S/C4H4N2OS.H3N/c5-3(7)4-6-1-2-8-4;/h1-2H,(H2,5,7);1H3. The summed E-state index contributed by atoms with van der Waals surface area (Å²) >= 11 is 1.25. The number of primary amides is 1. The van der Waals surface area contributed by atoms with Crippen LogP contribution >= 0.6 is 11.3 Å². The number of aromatic nitrogens is 1. The first kappa shape index (κ1) is 8.06. The summed E-state index contributed by atoms with van der Waals surface area (Å²) in [5.74, 6) is -0.458. The summed E-state index contributed by atoms with van der Waals surface area (Å²) in [4.78, 5) is 13.9. The predicted octanol–water partition coefficient (Wildman–Crippen LogP) is 0.404. The topological polar surface area (TPSA) is 91.0 Å². The smallest absolute Gasteiger partial charge is 0.277 e. The fourth-order valence-electron chi connectivity index (χ4n) is 0.345. The van der Waals surface area contributed by atoms with E-state index in [0.717, 1.165) is 0 Å². The SMILES string of the molecule is N.NC(=O)c1nccs1. The van der Waals surface area contributed by atoms with Gasteiger partial charge in [0, 0.05) is 11.6 Å². The van der Waals surface area contributed by atoms with Gasteiger partial charge in [0.15, 0.2) is 5.01 Å². The molecule has 0 saturated carbocycles. The number of amides is 1. The van der Waals surface area contributed by atoms with E-state index in [9.17, 15) is 4.79 Å². The van der Waals surface area contributed by atoms with Crippen molar-refractivity contribution < 1.29 is 4.79 Å². The van der Waals surface area contributed by atoms with Crippen molar-refractivity contribution in [2.24, 2.45) is 5.73 Å². The van der Waals surface area contributed by atoms with Gasteiger partial charge in [0.1, 0.15) is 0 Å². The average molecular weight is 145 g/mol. The summed E-state index contributed by atoms with van der Waals surface area (Å²) in [6, 6.07) is 0. The van der Waals surface area contributed by atoms with E-state index in [0.29, 0.717) is 5.01 Å². The molecule has 0 bridgehead atoms. The first-order chi connectivity index (χ1) is 3.80. The van der Waals surface area contributed by atoms with Crippen LogP contribution in [0.2, 0.25) is 0 Å². The van der Waals surface area contributed by atoms with Crippen LogP contribution in [-0.4, -0.2) is 10.9 Å². The Morgan fingerprint density at radius 3 is 2.67 bits per heavy atom. The maximum Gasteiger partial charge on any atom is 0.277 e. The minimum absolute atomic E-state index is 0. The minimum atomic E-state index is -0.458. The van der Waals surface area contributed by atoms with Crippen LogP contribution in [0, 0.1) is 0 Å². The van der Waals surface area contributed by atoms with Crippen molar-refractivity contribution >= 4 is 17.2 Å². The van der Waals surface area contributed by atoms with Gasteiger partial charge in [0.2, 0.25) is 0 Å². The molecule has 0 fully saturated rings. The van der Waals surface area contributed by atoms with Crippen LogP contribution < -0.4 is 11.9 Å². The van der Waals surface area contributed by atoms with Gasteiger partial charge in [0.05, 0.1) is 0 Å². The molecule has 0 saturated heterocycles. The first-order valence-electron chi connectivity index (χ1n) is 2.00. The van der Waals surface area contributed by atoms with Gasteiger partial charge < -0.3 is 11.9 Å². The largest absolute Gasteiger partial charge is 0.364 e. The molecule has 0 spiro atoms. The molecule has 5 heteroatoms. The first-order valence-corrected chi connectivity index (χ1v) is 2.88. The van der Waals surface area contributed by atoms with Crippen molar-refractivity contribution in [1.29, 1.82) is 0 Å². The maximum absolute atomic E-state index is 10.2. The molecule has 1 rings (SSSR count). The molecule has 4 nitrogen and oxygen atoms in total. The second-order valence-electron chi connectivity index (χ2n) is 1.20. The second kappa shape index (κ2) is 3.16. The Morgan fingerprint density at radius 1 is 1.78 bits per heavy atom. The van der Waals surface area contributed by atoms with E-state index >= 15 is 0 Å². The summed E-state index contributed by atoms with van der Waals surface area (Å²) in [7, 11) is 0. The molecule has 0 aromatic carbocycles. The Kier molecular flexibility index (Phi) is 2.83. The van der Waals surface area contributed by atoms with Gasteiger partial charge in [-0.1, -0.05) is 0 Å². The quantitative estimate of drug-likeness (QED) is 0.599. The van der Waals surface area contributed by atoms with Gasteiger partial charge >= 0.3 is 0 Å². The van der Waals surface area contributed by atoms with E-state index in [2.05, 4.69) is 4.98 Å². The van der Waals surface area contributed by atoms with Gasteiger partial charge in [-0.05, 0) is 0 Å². The third kappa shape index (κ3) is 1.79. The molecule has 1 aromatic heterocycles. The van der Waals surface area contributed by atoms with Crippen molar-refractivity contribution in [3.05, 3.63) is 16.6 Å². The molecule has 9 heavy (non-hydrogen) atoms. The van der Waals surface area contributed by atoms with Crippen LogP contribution in [0.25, 0.3) is 0 Å². The zero-order chi connectivity index (χ0) is 5.98. The zero-order valence-electron chi connectivity index (χ0n) is 4.70. The predicted molar refractivity (Wildman–Crippen MR) is 35.7 cm³/mol. The van der Waals surface area contributed by atoms with E-state index in [1.54, 1.807) is 11.6 Å². The summed E-state index contributed by atoms with van der Waals surface area (Å²) in [6.45, 7) is 0. The molecule has 0 aliphatic heterocycles. The van der Waals surface area contributed by atoms with E-state index in [4.69, 9.17) is 5.73 Å². The number of rotatable bonds is 1. The Hall–Kier alpha value is -0.940. The Balaban J connectivity index is 0.000000640. The van der Waals surface area contributed by atoms with Crippen molar-refractivity contribution in [2.75, 3.05) is 0 Å². The average Bonchev–Trinajstić information content (AvgIpc) is 2.12. The normalized spacial score (nSPS) is 8.00. The number of nitrogens with zero attached hydrogens (tertiary/aromatic N) is 1. The molecule has 1 aromatic rings. The van der Waals surface area contributed by atoms with Crippen molar-refractivity contribution in [2.45, 2.75) is 0 Å². The van der Waals surface area contributed by atoms with Crippen molar-refractivity contribution in [3.8, 4) is 0 Å². The van der Waals surface area contributed by atoms with Crippen LogP contribution in [0.1, 0.15) is 9.80 Å². The number of carbonyl (C=O) groups is 1. The van der Waals surface area contributed by atoms with E-state index < -0.39 is 5.91 Å². The third-order valence-corrected chi connectivity index (χ3v) is 1.43. The van der Waals surface area contributed by atoms with Gasteiger partial charge in [-0.2, -0.15) is 0 Å². The van der Waals surface area contributed by atoms with Gasteiger partial charge in [-0.25, -0.2) is 4.98 Å². The van der Waals surface area contributed by atoms with Crippen LogP contribution in [0.3, 0.4) is 0 Å². The lowest BCUT2D eigenvalue weighted by atomic mass is 10.7. The maximum atomic E-state index is 10.2. The molecule has 0 unspecified atom stereocenters. The molecular weight excluding hydrogens is 138 g/mol. The molecule has 1 heterocycles. The highest BCUT2D eigenvalue weighted by Gasteiger charge is 1.98. The number of carbonyl (C=O) groups excluding carboxylic acids is 1. The van der Waals surface area contributed by atoms with E-state index in [-0.39, 0.29) is 6.15 Å². The number of hydrogen-bond acceptors (Lipinski definition) is 4. The monoisotopic (exact) mass is 145 g/mol. The highest BCUT2D eigenvalue weighted by molar-refractivity contribution is 7.11. The molecule has 1 amide bonds. The number of thiazole rings is 1. The lowest BCUT2D eigenvalue weighted by Crippen LogP contribution is -2.09. The molecule has 50 valence electrons. The molecule has 0 radical (unpaired) electrons. The Labute approximate surface area is 56.3 Å². The fraction of sp³-hybridized carbons (Fsp3) is 0. The molecule has 0 aliphatic carbocycles. The van der Waals surface area contributed by atoms with Gasteiger partial charge in [-0.3, -0.25) is 4.79 Å². The molecule has 0 atom stereocenters. The highest BCUT2D eigenvalue weighted by atomic mass is 32.1. The van der Waals surface area contributed by atoms with Gasteiger partial charge in [0.25, 0.3) is 5.91 Å². The Bertz CT molecular complexity index is 184. The number of nitrogens with two attached hydrogens (primary N) is 1. The highest BCUT2D eigenvalue weighted by Crippen LogP contribution is 2.00. The summed E-state index contributed by atoms with van der Waals surface area (Å²) in [5, 5.41) is 2.07. The minimum Gasteiger partial charge on any atom is -0.364 e. The zero-order valence-corrected chi connectivity index (χ0v) is 5.52. The number of hydrogen-bond donors (Lipinski definition) is 2. The van der Waals surface area contributed by atoms with E-state index in [1.807, 2.05) is 0 Å². The van der Waals surface area contributed by atoms with Crippen molar-refractivity contribution in [3.63, 3.8) is 0 Å². The molecular formula is C4H7N3OS. The van der Waals surface area contributed by atoms with Gasteiger partial charge in [-0.15, -0.1) is 11.3 Å². The summed E-state index contributed by atoms with van der Waals surface area (Å²) < 4.78 is 0. The van der Waals surface area contributed by atoms with Crippen LogP contribution in [0.4, 0.5) is 0 Å². The lowest BCUT2D eigenvalue weighted by Gasteiger charge is -1.78. The van der Waals surface area contributed by atoms with Crippen LogP contribution in [-0.2, 0) is 0 Å². The Morgan fingerprint density at radius 2 is 2.44 bits per heavy atom. The fourth-order valence-corrected chi connectivity index (χ4v) is 0.834. The molecule has 5 N–H and O–H groups in total. The van der Waals surface area contributed by atoms with Crippen LogP contribution in [0.15, 0.2) is 11.6 Å². The second-order valence-corrected chi connectivity index (χ2v) is 2.10. The van der Waals surface area contributed by atoms with Crippen molar-refractivity contribution in [1.82, 2.24) is 11.1 Å². The van der Waals surface area contributed by atoms with E-state index in [1.165, 1.54) is 11.3 Å².